The molecule has 0 aliphatic heterocycles. The van der Waals surface area contributed by atoms with E-state index in [9.17, 15) is 0 Å². The lowest BCUT2D eigenvalue weighted by Gasteiger charge is -2.13. The highest BCUT2D eigenvalue weighted by Crippen LogP contribution is 2.17. The van der Waals surface area contributed by atoms with Crippen LogP contribution in [0.5, 0.6) is 5.75 Å². The van der Waals surface area contributed by atoms with Gasteiger partial charge < -0.3 is 10.5 Å². The van der Waals surface area contributed by atoms with Crippen LogP contribution < -0.4 is 10.5 Å². The van der Waals surface area contributed by atoms with Crippen molar-refractivity contribution in [2.24, 2.45) is 12.8 Å². The average molecular weight is 280 g/mol. The molecule has 0 aliphatic carbocycles. The first-order valence-corrected chi connectivity index (χ1v) is 6.56. The first-order chi connectivity index (χ1) is 9.04. The Bertz CT molecular complexity index is 553. The zero-order chi connectivity index (χ0) is 13.8. The molecule has 2 N–H and O–H groups in total. The van der Waals surface area contributed by atoms with E-state index in [0.717, 1.165) is 23.6 Å². The van der Waals surface area contributed by atoms with Crippen molar-refractivity contribution >= 4 is 11.6 Å². The summed E-state index contributed by atoms with van der Waals surface area (Å²) in [6.07, 6.45) is 0.734. The van der Waals surface area contributed by atoms with E-state index >= 15 is 0 Å². The minimum Gasteiger partial charge on any atom is -0.492 e. The molecule has 0 saturated carbocycles. The third-order valence-electron chi connectivity index (χ3n) is 2.83. The lowest BCUT2D eigenvalue weighted by atomic mass is 10.2. The summed E-state index contributed by atoms with van der Waals surface area (Å²) in [5.41, 5.74) is 8.18. The third kappa shape index (κ3) is 3.98. The molecule has 0 fully saturated rings. The molecule has 1 heterocycles. The number of aryl methyl sites for hydroxylation is 2. The van der Waals surface area contributed by atoms with Crippen LogP contribution in [0.3, 0.4) is 0 Å². The van der Waals surface area contributed by atoms with Crippen LogP contribution in [0.1, 0.15) is 11.4 Å². The van der Waals surface area contributed by atoms with Crippen molar-refractivity contribution in [1.29, 1.82) is 0 Å². The molecule has 19 heavy (non-hydrogen) atoms. The molecule has 0 amide bonds. The molecule has 0 aliphatic rings. The second-order valence-electron chi connectivity index (χ2n) is 4.63. The molecule has 2 aromatic rings. The van der Waals surface area contributed by atoms with Crippen LogP contribution in [0.2, 0.25) is 5.02 Å². The summed E-state index contributed by atoms with van der Waals surface area (Å²) in [6, 6.07) is 9.28. The fraction of sp³-hybridized carbons (Fsp3) is 0.357. The van der Waals surface area contributed by atoms with Crippen LogP contribution in [0.25, 0.3) is 0 Å². The van der Waals surface area contributed by atoms with Gasteiger partial charge in [-0.3, -0.25) is 4.68 Å². The van der Waals surface area contributed by atoms with E-state index < -0.39 is 0 Å². The van der Waals surface area contributed by atoms with Gasteiger partial charge in [0.1, 0.15) is 12.4 Å². The van der Waals surface area contributed by atoms with E-state index in [2.05, 4.69) is 5.10 Å². The third-order valence-corrected chi connectivity index (χ3v) is 3.07. The number of rotatable bonds is 5. The zero-order valence-corrected chi connectivity index (χ0v) is 11.9. The molecule has 0 saturated heterocycles. The van der Waals surface area contributed by atoms with E-state index in [4.69, 9.17) is 22.1 Å². The van der Waals surface area contributed by atoms with E-state index in [0.29, 0.717) is 11.6 Å². The van der Waals surface area contributed by atoms with Gasteiger partial charge in [0, 0.05) is 30.2 Å². The molecule has 1 aromatic carbocycles. The van der Waals surface area contributed by atoms with Crippen LogP contribution in [-0.4, -0.2) is 22.4 Å². The monoisotopic (exact) mass is 279 g/mol. The van der Waals surface area contributed by atoms with Gasteiger partial charge >= 0.3 is 0 Å². The Morgan fingerprint density at radius 2 is 2.21 bits per heavy atom. The SMILES string of the molecule is Cc1cc(CC(N)COc2cccc(Cl)c2)n(C)n1. The van der Waals surface area contributed by atoms with Gasteiger partial charge in [0.15, 0.2) is 0 Å². The lowest BCUT2D eigenvalue weighted by Crippen LogP contribution is -2.31. The number of hydrogen-bond acceptors (Lipinski definition) is 3. The number of ether oxygens (including phenoxy) is 1. The van der Waals surface area contributed by atoms with Crippen molar-refractivity contribution in [1.82, 2.24) is 9.78 Å². The van der Waals surface area contributed by atoms with Crippen LogP contribution in [0, 0.1) is 6.92 Å². The van der Waals surface area contributed by atoms with Gasteiger partial charge in [-0.15, -0.1) is 0 Å². The lowest BCUT2D eigenvalue weighted by molar-refractivity contribution is 0.286. The molecule has 0 radical (unpaired) electrons. The maximum absolute atomic E-state index is 6.07. The van der Waals surface area contributed by atoms with Crippen molar-refractivity contribution in [3.63, 3.8) is 0 Å². The number of nitrogens with two attached hydrogens (primary N) is 1. The fourth-order valence-corrected chi connectivity index (χ4v) is 2.12. The molecule has 1 unspecified atom stereocenters. The van der Waals surface area contributed by atoms with Crippen LogP contribution in [0.15, 0.2) is 30.3 Å². The second kappa shape index (κ2) is 6.08. The number of benzene rings is 1. The Kier molecular flexibility index (Phi) is 4.45. The van der Waals surface area contributed by atoms with Gasteiger partial charge in [-0.2, -0.15) is 5.10 Å². The highest BCUT2D eigenvalue weighted by molar-refractivity contribution is 6.30. The van der Waals surface area contributed by atoms with Crippen molar-refractivity contribution in [3.05, 3.63) is 46.7 Å². The number of nitrogens with zero attached hydrogens (tertiary/aromatic N) is 2. The minimum atomic E-state index is -0.0752. The highest BCUT2D eigenvalue weighted by atomic mass is 35.5. The number of halogens is 1. The molecule has 2 rings (SSSR count). The maximum atomic E-state index is 6.07. The molecule has 0 bridgehead atoms. The van der Waals surface area contributed by atoms with Gasteiger partial charge in [0.05, 0.1) is 5.69 Å². The molecule has 102 valence electrons. The molecule has 0 spiro atoms. The topological polar surface area (TPSA) is 53.1 Å². The molecular formula is C14H18ClN3O. The normalized spacial score (nSPS) is 12.4. The van der Waals surface area contributed by atoms with Gasteiger partial charge in [-0.25, -0.2) is 0 Å². The second-order valence-corrected chi connectivity index (χ2v) is 5.07. The maximum Gasteiger partial charge on any atom is 0.120 e. The predicted molar refractivity (Wildman–Crippen MR) is 76.6 cm³/mol. The van der Waals surface area contributed by atoms with Crippen LogP contribution in [-0.2, 0) is 13.5 Å². The zero-order valence-electron chi connectivity index (χ0n) is 11.1. The van der Waals surface area contributed by atoms with Gasteiger partial charge in [0.2, 0.25) is 0 Å². The summed E-state index contributed by atoms with van der Waals surface area (Å²) in [5, 5.41) is 4.96. The van der Waals surface area contributed by atoms with E-state index in [-0.39, 0.29) is 6.04 Å². The fourth-order valence-electron chi connectivity index (χ4n) is 1.94. The molecule has 4 nitrogen and oxygen atoms in total. The quantitative estimate of drug-likeness (QED) is 0.914. The average Bonchev–Trinajstić information content (AvgIpc) is 2.65. The Balaban J connectivity index is 1.88. The van der Waals surface area contributed by atoms with Crippen molar-refractivity contribution < 1.29 is 4.74 Å². The van der Waals surface area contributed by atoms with Crippen molar-refractivity contribution in [3.8, 4) is 5.75 Å². The summed E-state index contributed by atoms with van der Waals surface area (Å²) in [5.74, 6) is 0.740. The Morgan fingerprint density at radius 1 is 1.42 bits per heavy atom. The van der Waals surface area contributed by atoms with E-state index in [1.807, 2.05) is 42.9 Å². The summed E-state index contributed by atoms with van der Waals surface area (Å²) in [7, 11) is 1.92. The smallest absolute Gasteiger partial charge is 0.120 e. The van der Waals surface area contributed by atoms with Crippen LogP contribution in [0.4, 0.5) is 0 Å². The Hall–Kier alpha value is -1.52. The minimum absolute atomic E-state index is 0.0752. The molecule has 5 heteroatoms. The first kappa shape index (κ1) is 13.9. The van der Waals surface area contributed by atoms with E-state index in [1.165, 1.54) is 0 Å². The van der Waals surface area contributed by atoms with Gasteiger partial charge in [-0.05, 0) is 31.2 Å². The van der Waals surface area contributed by atoms with Crippen molar-refractivity contribution in [2.45, 2.75) is 19.4 Å². The van der Waals surface area contributed by atoms with Gasteiger partial charge in [0.25, 0.3) is 0 Å². The number of hydrogen-bond donors (Lipinski definition) is 1. The Labute approximate surface area is 118 Å². The number of aromatic nitrogens is 2. The summed E-state index contributed by atoms with van der Waals surface area (Å²) in [6.45, 7) is 2.42. The summed E-state index contributed by atoms with van der Waals surface area (Å²) >= 11 is 5.89. The first-order valence-electron chi connectivity index (χ1n) is 6.18. The molecule has 1 atom stereocenters. The van der Waals surface area contributed by atoms with Gasteiger partial charge in [-0.1, -0.05) is 17.7 Å². The van der Waals surface area contributed by atoms with E-state index in [1.54, 1.807) is 6.07 Å². The highest BCUT2D eigenvalue weighted by Gasteiger charge is 2.09. The summed E-state index contributed by atoms with van der Waals surface area (Å²) < 4.78 is 7.48. The largest absolute Gasteiger partial charge is 0.492 e. The predicted octanol–water partition coefficient (Wildman–Crippen LogP) is 2.33. The summed E-state index contributed by atoms with van der Waals surface area (Å²) in [4.78, 5) is 0. The molecular weight excluding hydrogens is 262 g/mol. The molecule has 1 aromatic heterocycles. The standard InChI is InChI=1S/C14H18ClN3O/c1-10-6-13(18(2)17-10)8-12(16)9-19-14-5-3-4-11(15)7-14/h3-7,12H,8-9,16H2,1-2H3. The Morgan fingerprint density at radius 3 is 2.84 bits per heavy atom. The van der Waals surface area contributed by atoms with Crippen LogP contribution >= 0.6 is 11.6 Å². The van der Waals surface area contributed by atoms with Crippen molar-refractivity contribution in [2.75, 3.05) is 6.61 Å².